The Bertz CT molecular complexity index is 2020. The predicted molar refractivity (Wildman–Crippen MR) is 255 cm³/mol. The molecule has 0 saturated heterocycles. The van der Waals surface area contributed by atoms with E-state index in [1.807, 2.05) is 0 Å². The van der Waals surface area contributed by atoms with Gasteiger partial charge in [0.05, 0.1) is 25.9 Å². The molecule has 74 heavy (non-hydrogen) atoms. The third-order valence-electron chi connectivity index (χ3n) is 10.9. The molecule has 0 aliphatic heterocycles. The van der Waals surface area contributed by atoms with Gasteiger partial charge in [-0.2, -0.15) is 0 Å². The monoisotopic (exact) mass is 1060 g/mol. The summed E-state index contributed by atoms with van der Waals surface area (Å²) in [6.07, 6.45) is -5.07. The quantitative estimate of drug-likeness (QED) is 0.0256. The summed E-state index contributed by atoms with van der Waals surface area (Å²) in [4.78, 5) is 179. The normalized spacial score (nSPS) is 15.0. The fourth-order valence-corrected chi connectivity index (χ4v) is 6.69. The second kappa shape index (κ2) is 34.0. The Morgan fingerprint density at radius 1 is 0.459 bits per heavy atom. The minimum Gasteiger partial charge on any atom is -0.481 e. The van der Waals surface area contributed by atoms with E-state index < -0.39 is 195 Å². The molecule has 0 aromatic carbocycles. The van der Waals surface area contributed by atoms with Crippen LogP contribution in [0.1, 0.15) is 105 Å². The Hall–Kier alpha value is -7.54. The Kier molecular flexibility index (Phi) is 30.5. The van der Waals surface area contributed by atoms with Crippen molar-refractivity contribution in [2.75, 3.05) is 13.2 Å². The Balaban J connectivity index is 6.88. The number of rotatable bonds is 38. The van der Waals surface area contributed by atoms with Gasteiger partial charge in [0.2, 0.25) is 65.0 Å². The van der Waals surface area contributed by atoms with Gasteiger partial charge < -0.3 is 91.6 Å². The summed E-state index contributed by atoms with van der Waals surface area (Å²) in [5.41, 5.74) is 27.3. The molecular weight excluding hydrogens is 987 g/mol. The molecule has 0 aliphatic rings. The van der Waals surface area contributed by atoms with Crippen molar-refractivity contribution < 1.29 is 87.5 Å². The minimum atomic E-state index is -1.99. The van der Waals surface area contributed by atoms with Gasteiger partial charge in [0, 0.05) is 12.8 Å². The van der Waals surface area contributed by atoms with Crippen LogP contribution in [0.3, 0.4) is 0 Å². The molecule has 0 radical (unpaired) electrons. The number of hydrogen-bond donors (Lipinski definition) is 17. The number of carboxylic acids is 3. The highest BCUT2D eigenvalue weighted by molar-refractivity contribution is 6.00. The van der Waals surface area contributed by atoms with Gasteiger partial charge in [0.1, 0.15) is 54.4 Å². The van der Waals surface area contributed by atoms with Gasteiger partial charge in [-0.05, 0) is 56.9 Å². The summed E-state index contributed by atoms with van der Waals surface area (Å²) >= 11 is 0. The van der Waals surface area contributed by atoms with E-state index in [4.69, 9.17) is 33.8 Å². The Labute approximate surface area is 425 Å². The van der Waals surface area contributed by atoms with Crippen LogP contribution in [0.15, 0.2) is 0 Å². The predicted octanol–water partition coefficient (Wildman–Crippen LogP) is -7.15. The van der Waals surface area contributed by atoms with Crippen LogP contribution in [-0.2, 0) is 67.1 Å². The number of nitrogens with one attached hydrogen (secondary N) is 8. The molecule has 0 aliphatic carbocycles. The van der Waals surface area contributed by atoms with Gasteiger partial charge >= 0.3 is 17.9 Å². The number of carbonyl (C=O) groups excluding carboxylic acids is 11. The van der Waals surface area contributed by atoms with Crippen LogP contribution in [0.5, 0.6) is 0 Å². The molecule has 418 valence electrons. The molecule has 0 aromatic rings. The van der Waals surface area contributed by atoms with Crippen molar-refractivity contribution in [2.24, 2.45) is 40.5 Å². The second-order valence-corrected chi connectivity index (χ2v) is 17.7. The zero-order chi connectivity index (χ0) is 57.0. The van der Waals surface area contributed by atoms with Crippen molar-refractivity contribution in [2.45, 2.75) is 159 Å². The van der Waals surface area contributed by atoms with Gasteiger partial charge in [0.25, 0.3) is 0 Å². The van der Waals surface area contributed by atoms with Gasteiger partial charge in [0.15, 0.2) is 0 Å². The maximum absolute atomic E-state index is 13.9. The van der Waals surface area contributed by atoms with Crippen molar-refractivity contribution >= 4 is 82.9 Å². The molecule has 0 saturated carbocycles. The molecule has 31 heteroatoms. The highest BCUT2D eigenvalue weighted by Crippen LogP contribution is 2.12. The zero-order valence-electron chi connectivity index (χ0n) is 41.6. The molecule has 0 bridgehead atoms. The highest BCUT2D eigenvalue weighted by atomic mass is 16.4. The molecule has 0 spiro atoms. The third kappa shape index (κ3) is 26.2. The van der Waals surface area contributed by atoms with E-state index in [9.17, 15) is 82.4 Å². The molecule has 31 nitrogen and oxygen atoms in total. The zero-order valence-corrected chi connectivity index (χ0v) is 41.6. The van der Waals surface area contributed by atoms with Crippen LogP contribution in [0, 0.1) is 11.8 Å². The number of hydrogen-bond acceptors (Lipinski definition) is 17. The van der Waals surface area contributed by atoms with Crippen molar-refractivity contribution in [3.63, 3.8) is 0 Å². The number of primary amides is 3. The lowest BCUT2D eigenvalue weighted by Gasteiger charge is -2.28. The maximum atomic E-state index is 13.9. The van der Waals surface area contributed by atoms with Crippen molar-refractivity contribution in [1.29, 1.82) is 0 Å². The fourth-order valence-electron chi connectivity index (χ4n) is 6.69. The van der Waals surface area contributed by atoms with Crippen LogP contribution in [0.25, 0.3) is 0 Å². The molecular formula is C43H73N13O18. The van der Waals surface area contributed by atoms with Gasteiger partial charge in [-0.1, -0.05) is 34.1 Å². The van der Waals surface area contributed by atoms with Crippen LogP contribution in [-0.4, -0.2) is 171 Å². The standard InChI is InChI=1S/C43H73N13O18/c1-5-20(4)34(56-35(65)21(45)18-57)42(72)51-24(10-12-32(61)62)38(68)54-27(16-31(48)60)41(71)50-23(9-11-29(46)58)37(67)53-26(15-30(47)59)40(70)49-22(8-6-7-13-44)36(66)52-25(14-19(2)3)39(69)55-28(43(73)74)17-33(63)64/h19-28,34,57H,5-18,44-45H2,1-4H3,(H2,46,58)(H2,47,59)(H2,48,60)(H,49,70)(H,50,71)(H,51,72)(H,52,66)(H,53,67)(H,54,68)(H,55,69)(H,56,65)(H,61,62)(H,63,64)(H,73,74)/t20-,21-,22-,23-,24-,25-,26-,27-,28-,34-/m0/s1. The van der Waals surface area contributed by atoms with Gasteiger partial charge in [-0.25, -0.2) is 4.79 Å². The van der Waals surface area contributed by atoms with E-state index in [2.05, 4.69) is 42.5 Å². The first-order valence-electron chi connectivity index (χ1n) is 23.5. The number of carboxylic acid groups (broad SMARTS) is 3. The van der Waals surface area contributed by atoms with Gasteiger partial charge in [-0.3, -0.25) is 62.3 Å². The van der Waals surface area contributed by atoms with E-state index in [1.165, 1.54) is 0 Å². The molecule has 10 atom stereocenters. The number of aliphatic hydroxyl groups excluding tert-OH is 1. The second-order valence-electron chi connectivity index (χ2n) is 17.7. The molecule has 0 heterocycles. The van der Waals surface area contributed by atoms with Crippen LogP contribution >= 0.6 is 0 Å². The average Bonchev–Trinajstić information content (AvgIpc) is 3.30. The van der Waals surface area contributed by atoms with Crippen molar-refractivity contribution in [3.05, 3.63) is 0 Å². The number of carbonyl (C=O) groups is 14. The molecule has 22 N–H and O–H groups in total. The first kappa shape index (κ1) is 66.5. The first-order chi connectivity index (χ1) is 34.5. The largest absolute Gasteiger partial charge is 0.481 e. The summed E-state index contributed by atoms with van der Waals surface area (Å²) in [5, 5.41) is 55.3. The van der Waals surface area contributed by atoms with E-state index in [0.717, 1.165) is 0 Å². The third-order valence-corrected chi connectivity index (χ3v) is 10.9. The molecule has 0 rings (SSSR count). The van der Waals surface area contributed by atoms with Crippen LogP contribution < -0.4 is 71.2 Å². The first-order valence-corrected chi connectivity index (χ1v) is 23.5. The smallest absolute Gasteiger partial charge is 0.326 e. The summed E-state index contributed by atoms with van der Waals surface area (Å²) in [5.74, 6) is -18.2. The molecule has 0 aromatic heterocycles. The number of nitrogens with two attached hydrogens (primary N) is 5. The average molecular weight is 1060 g/mol. The lowest BCUT2D eigenvalue weighted by atomic mass is 9.97. The lowest BCUT2D eigenvalue weighted by Crippen LogP contribution is -2.61. The van der Waals surface area contributed by atoms with E-state index >= 15 is 0 Å². The minimum absolute atomic E-state index is 0.104. The van der Waals surface area contributed by atoms with E-state index in [-0.39, 0.29) is 38.1 Å². The highest BCUT2D eigenvalue weighted by Gasteiger charge is 2.37. The fraction of sp³-hybridized carbons (Fsp3) is 0.674. The maximum Gasteiger partial charge on any atom is 0.326 e. The van der Waals surface area contributed by atoms with Crippen molar-refractivity contribution in [1.82, 2.24) is 42.5 Å². The summed E-state index contributed by atoms with van der Waals surface area (Å²) in [6.45, 7) is 5.86. The van der Waals surface area contributed by atoms with E-state index in [0.29, 0.717) is 6.42 Å². The lowest BCUT2D eigenvalue weighted by molar-refractivity contribution is -0.147. The SMILES string of the molecule is CC[C@H](C)[C@H](NC(=O)[C@@H](N)CO)C(=O)N[C@@H](CCC(=O)O)C(=O)N[C@@H](CC(N)=O)C(=O)N[C@@H](CCC(N)=O)C(=O)N[C@@H](CC(N)=O)C(=O)N[C@@H](CCCCN)C(=O)N[C@@H](CC(C)C)C(=O)N[C@@H](CC(=O)O)C(=O)O. The van der Waals surface area contributed by atoms with Crippen LogP contribution in [0.2, 0.25) is 0 Å². The molecule has 11 amide bonds. The number of unbranched alkanes of at least 4 members (excludes halogenated alkanes) is 1. The summed E-state index contributed by atoms with van der Waals surface area (Å²) in [7, 11) is 0. The topological polar surface area (TPSA) is 546 Å². The molecule has 0 fully saturated rings. The van der Waals surface area contributed by atoms with Crippen LogP contribution in [0.4, 0.5) is 0 Å². The summed E-state index contributed by atoms with van der Waals surface area (Å²) in [6, 6.07) is -15.3. The van der Waals surface area contributed by atoms with Crippen molar-refractivity contribution in [3.8, 4) is 0 Å². The Morgan fingerprint density at radius 3 is 1.26 bits per heavy atom. The Morgan fingerprint density at radius 2 is 0.865 bits per heavy atom. The molecule has 0 unspecified atom stereocenters. The number of aliphatic carboxylic acids is 3. The van der Waals surface area contributed by atoms with E-state index in [1.54, 1.807) is 27.7 Å². The number of aliphatic hydroxyl groups is 1. The summed E-state index contributed by atoms with van der Waals surface area (Å²) < 4.78 is 0. The van der Waals surface area contributed by atoms with Gasteiger partial charge in [-0.15, -0.1) is 0 Å². The number of amides is 11.